The molecule has 1 atom stereocenters. The van der Waals surface area contributed by atoms with Gasteiger partial charge < -0.3 is 20.5 Å². The van der Waals surface area contributed by atoms with Gasteiger partial charge in [0.05, 0.1) is 37.9 Å². The number of ether oxygens (including phenoxy) is 1. The van der Waals surface area contributed by atoms with Crippen molar-refractivity contribution in [3.63, 3.8) is 0 Å². The Bertz CT molecular complexity index is 1600. The summed E-state index contributed by atoms with van der Waals surface area (Å²) in [7, 11) is -3.96. The number of rotatable bonds is 20. The van der Waals surface area contributed by atoms with Gasteiger partial charge in [-0.25, -0.2) is 8.42 Å². The van der Waals surface area contributed by atoms with Gasteiger partial charge >= 0.3 is 0 Å². The minimum atomic E-state index is -3.96. The summed E-state index contributed by atoms with van der Waals surface area (Å²) in [5.74, 6) is -1.40. The number of anilines is 2. The molecule has 3 rings (SSSR count). The lowest BCUT2D eigenvalue weighted by molar-refractivity contribution is -0.117. The van der Waals surface area contributed by atoms with Crippen molar-refractivity contribution in [2.45, 2.75) is 95.4 Å². The van der Waals surface area contributed by atoms with Crippen LogP contribution in [0.1, 0.15) is 94.8 Å². The van der Waals surface area contributed by atoms with Crippen molar-refractivity contribution in [2.75, 3.05) is 17.2 Å². The van der Waals surface area contributed by atoms with Crippen LogP contribution in [0.15, 0.2) is 59.5 Å². The average molecular weight is 741 g/mol. The average Bonchev–Trinajstić information content (AvgIpc) is 3.06. The molecule has 48 heavy (non-hydrogen) atoms. The molecular weight excluding hydrogens is 697 g/mol. The first-order valence-electron chi connectivity index (χ1n) is 16.3. The van der Waals surface area contributed by atoms with Gasteiger partial charge in [0.25, 0.3) is 5.91 Å². The molecule has 0 radical (unpaired) electrons. The maximum absolute atomic E-state index is 13.0. The number of phenolic OH excluding ortho intramolecular Hbond substituents is 1. The number of halogens is 3. The number of amides is 2. The van der Waals surface area contributed by atoms with E-state index in [4.69, 9.17) is 39.5 Å². The fourth-order valence-electron chi connectivity index (χ4n) is 4.94. The predicted molar refractivity (Wildman–Crippen MR) is 194 cm³/mol. The summed E-state index contributed by atoms with van der Waals surface area (Å²) in [6, 6.07) is 11.8. The minimum Gasteiger partial charge on any atom is -0.506 e. The Labute approximate surface area is 298 Å². The molecule has 0 spiro atoms. The molecule has 0 saturated heterocycles. The van der Waals surface area contributed by atoms with Crippen LogP contribution in [0.4, 0.5) is 11.4 Å². The number of phenols is 1. The zero-order valence-corrected chi connectivity index (χ0v) is 30.4. The highest BCUT2D eigenvalue weighted by Crippen LogP contribution is 2.37. The van der Waals surface area contributed by atoms with E-state index in [0.717, 1.165) is 25.3 Å². The highest BCUT2D eigenvalue weighted by atomic mass is 35.5. The first kappa shape index (κ1) is 39.4. The minimum absolute atomic E-state index is 0.0102. The molecule has 0 aliphatic rings. The van der Waals surface area contributed by atoms with E-state index in [2.05, 4.69) is 22.3 Å². The van der Waals surface area contributed by atoms with Crippen LogP contribution < -0.4 is 20.1 Å². The second-order valence-electron chi connectivity index (χ2n) is 11.5. The lowest BCUT2D eigenvalue weighted by Gasteiger charge is -2.18. The molecule has 0 saturated carbocycles. The van der Waals surface area contributed by atoms with Crippen molar-refractivity contribution in [2.24, 2.45) is 0 Å². The Morgan fingerprint density at radius 3 is 1.94 bits per heavy atom. The van der Waals surface area contributed by atoms with Crippen LogP contribution in [0.2, 0.25) is 15.1 Å². The monoisotopic (exact) mass is 739 g/mol. The van der Waals surface area contributed by atoms with Gasteiger partial charge in [-0.1, -0.05) is 125 Å². The van der Waals surface area contributed by atoms with Gasteiger partial charge in [-0.3, -0.25) is 9.59 Å². The third kappa shape index (κ3) is 12.1. The number of hydrogen-bond donors (Lipinski definition) is 4. The number of nitrogens with one attached hydrogen (secondary N) is 3. The molecule has 13 heteroatoms. The molecule has 1 unspecified atom stereocenters. The molecule has 0 aliphatic carbocycles. The summed E-state index contributed by atoms with van der Waals surface area (Å²) in [6.45, 7) is 4.32. The van der Waals surface area contributed by atoms with Crippen LogP contribution in [0.25, 0.3) is 0 Å². The topological polar surface area (TPSA) is 134 Å². The normalized spacial score (nSPS) is 12.0. The SMILES string of the molecule is CCCCCCCCCCCCOc1c(Cl)cc(C(=O)Nc2cc(Cl)c(NC(=O)C(CC)NS(=O)(=O)c3ccccc3)cc2O)cc1Cl. The van der Waals surface area contributed by atoms with E-state index in [1.165, 1.54) is 75.3 Å². The highest BCUT2D eigenvalue weighted by molar-refractivity contribution is 7.89. The smallest absolute Gasteiger partial charge is 0.255 e. The first-order valence-corrected chi connectivity index (χ1v) is 18.9. The van der Waals surface area contributed by atoms with Gasteiger partial charge in [0.2, 0.25) is 15.9 Å². The summed E-state index contributed by atoms with van der Waals surface area (Å²) in [4.78, 5) is 26.0. The number of hydrogen-bond acceptors (Lipinski definition) is 6. The quantitative estimate of drug-likeness (QED) is 0.0674. The molecule has 0 fully saturated rings. The fourth-order valence-corrected chi connectivity index (χ4v) is 7.05. The summed E-state index contributed by atoms with van der Waals surface area (Å²) in [5.41, 5.74) is 0.110. The molecular formula is C35H44Cl3N3O6S. The largest absolute Gasteiger partial charge is 0.506 e. The lowest BCUT2D eigenvalue weighted by atomic mass is 10.1. The molecule has 0 aliphatic heterocycles. The maximum Gasteiger partial charge on any atom is 0.255 e. The van der Waals surface area contributed by atoms with E-state index in [0.29, 0.717) is 12.4 Å². The molecule has 262 valence electrons. The number of aromatic hydroxyl groups is 1. The van der Waals surface area contributed by atoms with Crippen LogP contribution in [0, 0.1) is 0 Å². The van der Waals surface area contributed by atoms with Crippen molar-refractivity contribution >= 4 is 68.0 Å². The van der Waals surface area contributed by atoms with Gasteiger partial charge in [-0.15, -0.1) is 0 Å². The van der Waals surface area contributed by atoms with Crippen molar-refractivity contribution < 1.29 is 27.9 Å². The Kier molecular flexibility index (Phi) is 16.3. The summed E-state index contributed by atoms with van der Waals surface area (Å²) >= 11 is 19.2. The van der Waals surface area contributed by atoms with Gasteiger partial charge in [0.1, 0.15) is 11.8 Å². The number of carbonyl (C=O) groups is 2. The van der Waals surface area contributed by atoms with E-state index in [1.807, 2.05) is 0 Å². The molecule has 0 heterocycles. The Morgan fingerprint density at radius 2 is 1.35 bits per heavy atom. The standard InChI is InChI=1S/C35H44Cl3N3O6S/c1-3-5-6-7-8-9-10-11-12-16-19-47-33-27(37)20-24(21-28(33)38)34(43)40-31-22-26(36)30(23-32(31)42)39-35(44)29(4-2)41-48(45,46)25-17-14-13-15-18-25/h13-15,17-18,20-23,29,41-42H,3-12,16,19H2,1-2H3,(H,39,44)(H,40,43). The maximum atomic E-state index is 13.0. The molecule has 3 aromatic rings. The molecule has 4 N–H and O–H groups in total. The van der Waals surface area contributed by atoms with Crippen molar-refractivity contribution in [1.82, 2.24) is 4.72 Å². The molecule has 0 aromatic heterocycles. The molecule has 9 nitrogen and oxygen atoms in total. The second-order valence-corrected chi connectivity index (χ2v) is 14.4. The van der Waals surface area contributed by atoms with Gasteiger partial charge in [-0.2, -0.15) is 4.72 Å². The number of benzene rings is 3. The third-order valence-corrected chi connectivity index (χ3v) is 10.0. The van der Waals surface area contributed by atoms with Crippen molar-refractivity contribution in [3.8, 4) is 11.5 Å². The van der Waals surface area contributed by atoms with Gasteiger partial charge in [-0.05, 0) is 43.2 Å². The van der Waals surface area contributed by atoms with Crippen molar-refractivity contribution in [3.05, 3.63) is 75.2 Å². The van der Waals surface area contributed by atoms with E-state index in [9.17, 15) is 23.1 Å². The Morgan fingerprint density at radius 1 is 0.771 bits per heavy atom. The third-order valence-electron chi connectivity index (χ3n) is 7.67. The Balaban J connectivity index is 1.54. The number of unbranched alkanes of at least 4 members (excludes halogenated alkanes) is 9. The summed E-state index contributed by atoms with van der Waals surface area (Å²) < 4.78 is 33.6. The van der Waals surface area contributed by atoms with E-state index in [1.54, 1.807) is 25.1 Å². The van der Waals surface area contributed by atoms with Crippen LogP contribution >= 0.6 is 34.8 Å². The zero-order chi connectivity index (χ0) is 35.1. The zero-order valence-electron chi connectivity index (χ0n) is 27.3. The van der Waals surface area contributed by atoms with Gasteiger partial charge in [0, 0.05) is 11.6 Å². The van der Waals surface area contributed by atoms with Crippen molar-refractivity contribution in [1.29, 1.82) is 0 Å². The predicted octanol–water partition coefficient (Wildman–Crippen LogP) is 9.60. The van der Waals surface area contributed by atoms with E-state index >= 15 is 0 Å². The Hall–Kier alpha value is -3.02. The van der Waals surface area contributed by atoms with E-state index < -0.39 is 33.6 Å². The van der Waals surface area contributed by atoms with Crippen LogP contribution in [0.5, 0.6) is 11.5 Å². The number of carbonyl (C=O) groups excluding carboxylic acids is 2. The lowest BCUT2D eigenvalue weighted by Crippen LogP contribution is -2.43. The molecule has 2 amide bonds. The fraction of sp³-hybridized carbons (Fsp3) is 0.429. The highest BCUT2D eigenvalue weighted by Gasteiger charge is 2.25. The first-order chi connectivity index (χ1) is 23.0. The van der Waals surface area contributed by atoms with Crippen LogP contribution in [0.3, 0.4) is 0 Å². The second kappa shape index (κ2) is 19.8. The van der Waals surface area contributed by atoms with Gasteiger partial charge in [0.15, 0.2) is 5.75 Å². The van der Waals surface area contributed by atoms with E-state index in [-0.39, 0.29) is 43.3 Å². The number of sulfonamides is 1. The van der Waals surface area contributed by atoms with Crippen LogP contribution in [-0.2, 0) is 14.8 Å². The van der Waals surface area contributed by atoms with Crippen LogP contribution in [-0.4, -0.2) is 38.0 Å². The summed E-state index contributed by atoms with van der Waals surface area (Å²) in [5, 5.41) is 16.1. The summed E-state index contributed by atoms with van der Waals surface area (Å²) in [6.07, 6.45) is 12.2. The molecule has 3 aromatic carbocycles. The molecule has 0 bridgehead atoms.